The van der Waals surface area contributed by atoms with Gasteiger partial charge in [0.05, 0.1) is 29.1 Å². The van der Waals surface area contributed by atoms with E-state index >= 15 is 0 Å². The third-order valence-electron chi connectivity index (χ3n) is 7.16. The van der Waals surface area contributed by atoms with E-state index in [4.69, 9.17) is 14.6 Å². The summed E-state index contributed by atoms with van der Waals surface area (Å²) in [6.07, 6.45) is -2.19. The van der Waals surface area contributed by atoms with E-state index in [1.807, 2.05) is 22.6 Å². The Bertz CT molecular complexity index is 1280. The van der Waals surface area contributed by atoms with E-state index in [0.29, 0.717) is 56.5 Å². The van der Waals surface area contributed by atoms with Gasteiger partial charge in [0, 0.05) is 38.7 Å². The molecule has 1 saturated heterocycles. The van der Waals surface area contributed by atoms with Gasteiger partial charge in [0.15, 0.2) is 11.6 Å². The third kappa shape index (κ3) is 5.07. The molecule has 1 saturated carbocycles. The van der Waals surface area contributed by atoms with E-state index in [9.17, 15) is 22.0 Å². The van der Waals surface area contributed by atoms with Crippen LogP contribution in [0.4, 0.5) is 33.6 Å². The van der Waals surface area contributed by atoms with Gasteiger partial charge in [-0.1, -0.05) is 0 Å². The van der Waals surface area contributed by atoms with Crippen LogP contribution in [-0.2, 0) is 10.9 Å². The highest BCUT2D eigenvalue weighted by atomic mass is 19.4. The standard InChI is InChI=1S/C25H29F5N6O2/c1-3-31-21-10-19-16(11-33-21)23(35-12-18(26)20(13-35)37-2)34-36(19)14-4-6-15(7-5-14)38-24-22(27)17(8-9-32-24)25(28,29)30/h8-11,14-15,18,20H,3-7,12-13H2,1-2H3,(H,31,33)/t14?,15?,18-,20-/m0/s1. The second-order valence-electron chi connectivity index (χ2n) is 9.60. The molecule has 0 aromatic carbocycles. The first-order chi connectivity index (χ1) is 18.2. The van der Waals surface area contributed by atoms with E-state index < -0.39 is 41.8 Å². The predicted molar refractivity (Wildman–Crippen MR) is 131 cm³/mol. The largest absolute Gasteiger partial charge is 0.472 e. The molecule has 2 aliphatic rings. The van der Waals surface area contributed by atoms with Crippen LogP contribution in [0.2, 0.25) is 0 Å². The molecule has 3 aromatic rings. The predicted octanol–water partition coefficient (Wildman–Crippen LogP) is 5.15. The Morgan fingerprint density at radius 1 is 1.13 bits per heavy atom. The number of nitrogens with zero attached hydrogens (tertiary/aromatic N) is 5. The maximum Gasteiger partial charge on any atom is 0.419 e. The number of pyridine rings is 2. The number of hydrogen-bond donors (Lipinski definition) is 1. The van der Waals surface area contributed by atoms with Crippen LogP contribution >= 0.6 is 0 Å². The van der Waals surface area contributed by atoms with Crippen molar-refractivity contribution in [3.05, 3.63) is 35.9 Å². The fraction of sp³-hybridized carbons (Fsp3) is 0.560. The summed E-state index contributed by atoms with van der Waals surface area (Å²) in [6.45, 7) is 3.19. The molecule has 13 heteroatoms. The molecular weight excluding hydrogens is 511 g/mol. The Kier molecular flexibility index (Phi) is 7.30. The Balaban J connectivity index is 1.36. The van der Waals surface area contributed by atoms with Gasteiger partial charge in [-0.25, -0.2) is 18.7 Å². The third-order valence-corrected chi connectivity index (χ3v) is 7.16. The van der Waals surface area contributed by atoms with Crippen molar-refractivity contribution in [3.63, 3.8) is 0 Å². The van der Waals surface area contributed by atoms with Gasteiger partial charge in [0.1, 0.15) is 24.2 Å². The van der Waals surface area contributed by atoms with E-state index in [-0.39, 0.29) is 12.6 Å². The minimum atomic E-state index is -4.83. The van der Waals surface area contributed by atoms with Gasteiger partial charge < -0.3 is 19.7 Å². The second kappa shape index (κ2) is 10.5. The molecule has 1 aliphatic heterocycles. The number of halogens is 5. The van der Waals surface area contributed by atoms with Crippen molar-refractivity contribution in [2.75, 3.05) is 37.0 Å². The quantitative estimate of drug-likeness (QED) is 0.416. The molecule has 0 bridgehead atoms. The van der Waals surface area contributed by atoms with Crippen molar-refractivity contribution >= 4 is 22.5 Å². The monoisotopic (exact) mass is 540 g/mol. The highest BCUT2D eigenvalue weighted by molar-refractivity contribution is 5.91. The molecule has 0 amide bonds. The number of nitrogens with one attached hydrogen (secondary N) is 1. The van der Waals surface area contributed by atoms with Gasteiger partial charge in [-0.3, -0.25) is 4.68 Å². The summed E-state index contributed by atoms with van der Waals surface area (Å²) in [6, 6.07) is 2.47. The molecule has 206 valence electrons. The minimum Gasteiger partial charge on any atom is -0.472 e. The summed E-state index contributed by atoms with van der Waals surface area (Å²) < 4.78 is 80.8. The van der Waals surface area contributed by atoms with Crippen molar-refractivity contribution in [1.29, 1.82) is 0 Å². The average molecular weight is 541 g/mol. The molecule has 0 radical (unpaired) electrons. The van der Waals surface area contributed by atoms with E-state index in [1.165, 1.54) is 7.11 Å². The lowest BCUT2D eigenvalue weighted by atomic mass is 9.93. The summed E-state index contributed by atoms with van der Waals surface area (Å²) in [4.78, 5) is 10.0. The van der Waals surface area contributed by atoms with Crippen LogP contribution in [0.1, 0.15) is 44.2 Å². The molecule has 5 rings (SSSR count). The Hall–Kier alpha value is -3.22. The van der Waals surface area contributed by atoms with Crippen molar-refractivity contribution in [2.45, 2.75) is 63.2 Å². The van der Waals surface area contributed by atoms with Gasteiger partial charge >= 0.3 is 6.18 Å². The second-order valence-corrected chi connectivity index (χ2v) is 9.60. The van der Waals surface area contributed by atoms with Gasteiger partial charge in [0.25, 0.3) is 5.88 Å². The van der Waals surface area contributed by atoms with Crippen LogP contribution in [0.15, 0.2) is 24.5 Å². The zero-order valence-corrected chi connectivity index (χ0v) is 21.0. The summed E-state index contributed by atoms with van der Waals surface area (Å²) in [5, 5.41) is 8.87. The van der Waals surface area contributed by atoms with Crippen molar-refractivity contribution in [2.24, 2.45) is 0 Å². The molecule has 8 nitrogen and oxygen atoms in total. The summed E-state index contributed by atoms with van der Waals surface area (Å²) >= 11 is 0. The number of rotatable bonds is 7. The molecule has 0 unspecified atom stereocenters. The first kappa shape index (κ1) is 26.4. The lowest BCUT2D eigenvalue weighted by molar-refractivity contribution is -0.140. The lowest BCUT2D eigenvalue weighted by Gasteiger charge is -2.29. The lowest BCUT2D eigenvalue weighted by Crippen LogP contribution is -2.27. The van der Waals surface area contributed by atoms with Crippen LogP contribution in [0.25, 0.3) is 10.9 Å². The normalized spacial score (nSPS) is 24.2. The number of ether oxygens (including phenoxy) is 2. The fourth-order valence-corrected chi connectivity index (χ4v) is 5.23. The van der Waals surface area contributed by atoms with Gasteiger partial charge in [-0.05, 0) is 38.7 Å². The smallest absolute Gasteiger partial charge is 0.419 e. The maximum atomic E-state index is 14.5. The molecule has 2 fully saturated rings. The first-order valence-electron chi connectivity index (χ1n) is 12.6. The van der Waals surface area contributed by atoms with E-state index in [2.05, 4.69) is 15.3 Å². The zero-order valence-electron chi connectivity index (χ0n) is 21.0. The molecule has 1 aliphatic carbocycles. The van der Waals surface area contributed by atoms with Crippen molar-refractivity contribution in [1.82, 2.24) is 19.7 Å². The van der Waals surface area contributed by atoms with Crippen molar-refractivity contribution < 1.29 is 31.4 Å². The van der Waals surface area contributed by atoms with Crippen LogP contribution < -0.4 is 15.0 Å². The average Bonchev–Trinajstić information content (AvgIpc) is 3.45. The highest BCUT2D eigenvalue weighted by Gasteiger charge is 2.38. The minimum absolute atomic E-state index is 0.0377. The number of alkyl halides is 4. The summed E-state index contributed by atoms with van der Waals surface area (Å²) in [7, 11) is 1.49. The maximum absolute atomic E-state index is 14.5. The van der Waals surface area contributed by atoms with Gasteiger partial charge in [-0.15, -0.1) is 0 Å². The molecule has 3 aromatic heterocycles. The van der Waals surface area contributed by atoms with E-state index in [1.54, 1.807) is 6.20 Å². The molecule has 4 heterocycles. The van der Waals surface area contributed by atoms with Crippen LogP contribution in [0.5, 0.6) is 5.88 Å². The molecule has 2 atom stereocenters. The number of fused-ring (bicyclic) bond motifs is 1. The van der Waals surface area contributed by atoms with E-state index in [0.717, 1.165) is 17.1 Å². The fourth-order valence-electron chi connectivity index (χ4n) is 5.23. The number of hydrogen-bond acceptors (Lipinski definition) is 7. The number of anilines is 2. The summed E-state index contributed by atoms with van der Waals surface area (Å²) in [5.74, 6) is -0.819. The van der Waals surface area contributed by atoms with Crippen molar-refractivity contribution in [3.8, 4) is 5.88 Å². The molecule has 0 spiro atoms. The van der Waals surface area contributed by atoms with Gasteiger partial charge in [-0.2, -0.15) is 18.3 Å². The number of aromatic nitrogens is 4. The Morgan fingerprint density at radius 3 is 2.55 bits per heavy atom. The van der Waals surface area contributed by atoms with Crippen LogP contribution in [0, 0.1) is 5.82 Å². The topological polar surface area (TPSA) is 77.3 Å². The Morgan fingerprint density at radius 2 is 1.89 bits per heavy atom. The highest BCUT2D eigenvalue weighted by Crippen LogP contribution is 2.38. The van der Waals surface area contributed by atoms with Gasteiger partial charge in [0.2, 0.25) is 0 Å². The Labute approximate surface area is 216 Å². The van der Waals surface area contributed by atoms with Crippen LogP contribution in [0.3, 0.4) is 0 Å². The zero-order chi connectivity index (χ0) is 27.0. The molecular formula is C25H29F5N6O2. The van der Waals surface area contributed by atoms with Crippen LogP contribution in [-0.4, -0.2) is 64.9 Å². The SMILES string of the molecule is CCNc1cc2c(cn1)c(N1C[C@H](OC)[C@@H](F)C1)nn2C1CCC(Oc2nccc(C(F)(F)F)c2F)CC1. The number of methoxy groups -OCH3 is 1. The molecule has 1 N–H and O–H groups in total. The first-order valence-corrected chi connectivity index (χ1v) is 12.6. The molecule has 38 heavy (non-hydrogen) atoms. The summed E-state index contributed by atoms with van der Waals surface area (Å²) in [5.41, 5.74) is -0.554.